The third-order valence-electron chi connectivity index (χ3n) is 6.24. The molecular weight excluding hydrogens is 625 g/mol. The minimum Gasteiger partial charge on any atom is -0.481 e. The van der Waals surface area contributed by atoms with Gasteiger partial charge in [0.15, 0.2) is 0 Å². The van der Waals surface area contributed by atoms with Gasteiger partial charge in [-0.15, -0.1) is 30.4 Å². The highest BCUT2D eigenvalue weighted by molar-refractivity contribution is 7.92. The van der Waals surface area contributed by atoms with Crippen LogP contribution in [0.2, 0.25) is 5.02 Å². The molecule has 4 aromatic rings. The average Bonchev–Trinajstić information content (AvgIpc) is 3.30. The Morgan fingerprint density at radius 2 is 1.67 bits per heavy atom. The summed E-state index contributed by atoms with van der Waals surface area (Å²) in [4.78, 5) is 13.6. The van der Waals surface area contributed by atoms with Gasteiger partial charge in [-0.3, -0.25) is 9.52 Å². The van der Waals surface area contributed by atoms with E-state index in [0.717, 1.165) is 17.0 Å². The van der Waals surface area contributed by atoms with Crippen molar-refractivity contribution in [2.45, 2.75) is 32.5 Å². The van der Waals surface area contributed by atoms with Crippen LogP contribution in [0.4, 0.5) is 24.5 Å². The second-order valence-corrected chi connectivity index (χ2v) is 13.3. The minimum absolute atomic E-state index is 0.0214. The molecule has 7 nitrogen and oxygen atoms in total. The van der Waals surface area contributed by atoms with Crippen molar-refractivity contribution >= 4 is 60.3 Å². The first-order valence-corrected chi connectivity index (χ1v) is 15.7. The fraction of sp³-hybridized carbons (Fsp3) is 0.233. The van der Waals surface area contributed by atoms with Gasteiger partial charge in [0.05, 0.1) is 11.1 Å². The molecule has 43 heavy (non-hydrogen) atoms. The van der Waals surface area contributed by atoms with Crippen LogP contribution in [0.25, 0.3) is 10.1 Å². The van der Waals surface area contributed by atoms with Crippen LogP contribution in [0.1, 0.15) is 41.6 Å². The van der Waals surface area contributed by atoms with E-state index in [1.807, 2.05) is 0 Å². The van der Waals surface area contributed by atoms with Crippen LogP contribution in [0, 0.1) is 11.8 Å². The van der Waals surface area contributed by atoms with Crippen molar-refractivity contribution in [3.8, 4) is 23.3 Å². The topological polar surface area (TPSA) is 93.7 Å². The first-order chi connectivity index (χ1) is 20.0. The van der Waals surface area contributed by atoms with Crippen molar-refractivity contribution in [2.24, 2.45) is 0 Å². The molecule has 0 saturated heterocycles. The second-order valence-electron chi connectivity index (χ2n) is 10.0. The van der Waals surface area contributed by atoms with Crippen molar-refractivity contribution in [3.05, 3.63) is 81.7 Å². The van der Waals surface area contributed by atoms with Crippen molar-refractivity contribution < 1.29 is 35.9 Å². The van der Waals surface area contributed by atoms with E-state index in [1.54, 1.807) is 69.3 Å². The van der Waals surface area contributed by atoms with E-state index in [2.05, 4.69) is 26.6 Å². The Hall–Kier alpha value is -3.92. The van der Waals surface area contributed by atoms with Crippen molar-refractivity contribution in [2.75, 3.05) is 22.9 Å². The summed E-state index contributed by atoms with van der Waals surface area (Å²) in [6.45, 7) is 5.18. The maximum absolute atomic E-state index is 13.2. The Morgan fingerprint density at radius 1 is 0.977 bits per heavy atom. The van der Waals surface area contributed by atoms with Gasteiger partial charge in [-0.25, -0.2) is 8.42 Å². The number of hydrogen-bond acceptors (Lipinski definition) is 6. The zero-order valence-electron chi connectivity index (χ0n) is 23.4. The Kier molecular flexibility index (Phi) is 9.20. The van der Waals surface area contributed by atoms with E-state index < -0.39 is 33.5 Å². The molecule has 0 spiro atoms. The maximum atomic E-state index is 13.2. The van der Waals surface area contributed by atoms with Crippen molar-refractivity contribution in [3.63, 3.8) is 0 Å². The number of carbonyl (C=O) groups excluding carboxylic acids is 1. The molecule has 2 N–H and O–H groups in total. The van der Waals surface area contributed by atoms with Gasteiger partial charge in [0.25, 0.3) is 5.91 Å². The largest absolute Gasteiger partial charge is 0.573 e. The van der Waals surface area contributed by atoms with E-state index in [1.165, 1.54) is 17.4 Å². The summed E-state index contributed by atoms with van der Waals surface area (Å²) in [7, 11) is -3.46. The molecule has 3 aromatic carbocycles. The molecule has 4 rings (SSSR count). The molecule has 0 radical (unpaired) electrons. The summed E-state index contributed by atoms with van der Waals surface area (Å²) in [6, 6.07) is 15.5. The molecule has 13 heteroatoms. The molecule has 1 amide bonds. The Bertz CT molecular complexity index is 1860. The van der Waals surface area contributed by atoms with E-state index in [4.69, 9.17) is 16.3 Å². The van der Waals surface area contributed by atoms with Gasteiger partial charge >= 0.3 is 6.36 Å². The molecule has 0 aliphatic carbocycles. The SMILES string of the molecule is CC#CCOc1cc(OC(F)(F)F)cc(C(C)(C)c2cc(Cl)cc(NC(=O)c3cc4cc(NS(C)(=O)=O)ccc4s3)c2)c1. The molecule has 0 aliphatic rings. The summed E-state index contributed by atoms with van der Waals surface area (Å²) in [5.74, 6) is 4.63. The van der Waals surface area contributed by atoms with Crippen LogP contribution in [0.15, 0.2) is 60.7 Å². The Morgan fingerprint density at radius 3 is 2.35 bits per heavy atom. The van der Waals surface area contributed by atoms with E-state index >= 15 is 0 Å². The number of sulfonamides is 1. The molecule has 0 bridgehead atoms. The van der Waals surface area contributed by atoms with E-state index in [9.17, 15) is 26.4 Å². The molecular formula is C30H26ClF3N2O5S2. The quantitative estimate of drug-likeness (QED) is 0.180. The number of nitrogens with one attached hydrogen (secondary N) is 2. The van der Waals surface area contributed by atoms with Crippen LogP contribution >= 0.6 is 22.9 Å². The third-order valence-corrected chi connectivity index (χ3v) is 8.18. The monoisotopic (exact) mass is 650 g/mol. The fourth-order valence-electron chi connectivity index (χ4n) is 4.21. The number of fused-ring (bicyclic) bond motifs is 1. The number of ether oxygens (including phenoxy) is 2. The molecule has 0 atom stereocenters. The lowest BCUT2D eigenvalue weighted by atomic mass is 9.78. The number of halogens is 4. The molecule has 1 aromatic heterocycles. The standard InChI is InChI=1S/C30H26ClF3N2O5S2/c1-5-6-9-40-24-14-20(15-25(17-24)41-30(32,33)34)29(2,3)19-12-21(31)16-23(13-19)35-28(37)27-11-18-10-22(36-43(4,38)39)7-8-26(18)42-27/h7-8,10-17,36H,9H2,1-4H3,(H,35,37). The Labute approximate surface area is 256 Å². The minimum atomic E-state index is -4.91. The zero-order chi connectivity index (χ0) is 31.6. The first kappa shape index (κ1) is 32.0. The van der Waals surface area contributed by atoms with Crippen LogP contribution in [0.3, 0.4) is 0 Å². The lowest BCUT2D eigenvalue weighted by Crippen LogP contribution is -2.21. The predicted molar refractivity (Wildman–Crippen MR) is 164 cm³/mol. The number of benzene rings is 3. The van der Waals surface area contributed by atoms with Gasteiger partial charge in [-0.2, -0.15) is 0 Å². The highest BCUT2D eigenvalue weighted by atomic mass is 35.5. The lowest BCUT2D eigenvalue weighted by Gasteiger charge is -2.28. The van der Waals surface area contributed by atoms with Crippen LogP contribution in [-0.4, -0.2) is 33.5 Å². The van der Waals surface area contributed by atoms with Gasteiger partial charge in [0.2, 0.25) is 10.0 Å². The third kappa shape index (κ3) is 8.56. The van der Waals surface area contributed by atoms with Crippen LogP contribution in [-0.2, 0) is 15.4 Å². The number of rotatable bonds is 9. The highest BCUT2D eigenvalue weighted by Crippen LogP contribution is 2.39. The summed E-state index contributed by atoms with van der Waals surface area (Å²) in [5, 5.41) is 3.81. The molecule has 226 valence electrons. The number of amides is 1. The van der Waals surface area contributed by atoms with Crippen molar-refractivity contribution in [1.29, 1.82) is 0 Å². The molecule has 1 heterocycles. The normalized spacial score (nSPS) is 11.9. The lowest BCUT2D eigenvalue weighted by molar-refractivity contribution is -0.274. The summed E-state index contributed by atoms with van der Waals surface area (Å²) < 4.78 is 75.3. The van der Waals surface area contributed by atoms with Crippen LogP contribution < -0.4 is 19.5 Å². The first-order valence-electron chi connectivity index (χ1n) is 12.6. The van der Waals surface area contributed by atoms with Crippen LogP contribution in [0.5, 0.6) is 11.5 Å². The highest BCUT2D eigenvalue weighted by Gasteiger charge is 2.33. The van der Waals surface area contributed by atoms with Gasteiger partial charge in [-0.05, 0) is 78.0 Å². The molecule has 0 fully saturated rings. The summed E-state index contributed by atoms with van der Waals surface area (Å²) in [5.41, 5.74) is 0.876. The molecule has 0 aliphatic heterocycles. The number of anilines is 2. The number of alkyl halides is 3. The zero-order valence-corrected chi connectivity index (χ0v) is 25.7. The van der Waals surface area contributed by atoms with E-state index in [-0.39, 0.29) is 12.4 Å². The number of thiophene rings is 1. The predicted octanol–water partition coefficient (Wildman–Crippen LogP) is 7.81. The molecule has 0 saturated carbocycles. The van der Waals surface area contributed by atoms with Gasteiger partial charge < -0.3 is 14.8 Å². The average molecular weight is 651 g/mol. The summed E-state index contributed by atoms with van der Waals surface area (Å²) >= 11 is 7.65. The smallest absolute Gasteiger partial charge is 0.481 e. The molecule has 0 unspecified atom stereocenters. The van der Waals surface area contributed by atoms with Gasteiger partial charge in [0.1, 0.15) is 18.1 Å². The maximum Gasteiger partial charge on any atom is 0.573 e. The second kappa shape index (κ2) is 12.4. The van der Waals surface area contributed by atoms with Gasteiger partial charge in [0, 0.05) is 32.6 Å². The Balaban J connectivity index is 1.64. The number of hydrogen-bond donors (Lipinski definition) is 2. The number of carbonyl (C=O) groups is 1. The fourth-order valence-corrected chi connectivity index (χ4v) is 5.94. The van der Waals surface area contributed by atoms with Gasteiger partial charge in [-0.1, -0.05) is 31.4 Å². The van der Waals surface area contributed by atoms with Crippen molar-refractivity contribution in [1.82, 2.24) is 0 Å². The van der Waals surface area contributed by atoms with E-state index in [0.29, 0.717) is 37.8 Å². The summed E-state index contributed by atoms with van der Waals surface area (Å²) in [6.07, 6.45) is -3.86.